The SMILES string of the molecule is Cc1cc(Br)ccc1-c1ccc(C=O)o1. The highest BCUT2D eigenvalue weighted by molar-refractivity contribution is 9.10. The van der Waals surface area contributed by atoms with E-state index < -0.39 is 0 Å². The summed E-state index contributed by atoms with van der Waals surface area (Å²) in [5.41, 5.74) is 2.11. The van der Waals surface area contributed by atoms with Crippen LogP contribution in [0.1, 0.15) is 16.1 Å². The van der Waals surface area contributed by atoms with Crippen LogP contribution in [0.4, 0.5) is 0 Å². The molecule has 2 nitrogen and oxygen atoms in total. The Kier molecular flexibility index (Phi) is 2.73. The molecule has 2 aromatic rings. The molecule has 15 heavy (non-hydrogen) atoms. The van der Waals surface area contributed by atoms with Crippen molar-refractivity contribution in [2.45, 2.75) is 6.92 Å². The quantitative estimate of drug-likeness (QED) is 0.772. The van der Waals surface area contributed by atoms with Crippen LogP contribution in [0, 0.1) is 6.92 Å². The number of aldehydes is 1. The van der Waals surface area contributed by atoms with E-state index in [4.69, 9.17) is 4.42 Å². The van der Waals surface area contributed by atoms with Gasteiger partial charge in [0.25, 0.3) is 0 Å². The molecule has 0 saturated carbocycles. The number of halogens is 1. The zero-order valence-corrected chi connectivity index (χ0v) is 9.74. The van der Waals surface area contributed by atoms with Gasteiger partial charge in [-0.05, 0) is 42.8 Å². The molecule has 0 aliphatic rings. The lowest BCUT2D eigenvalue weighted by molar-refractivity contribution is 0.110. The van der Waals surface area contributed by atoms with Crippen LogP contribution in [0.3, 0.4) is 0 Å². The Balaban J connectivity index is 2.49. The van der Waals surface area contributed by atoms with E-state index in [2.05, 4.69) is 15.9 Å². The summed E-state index contributed by atoms with van der Waals surface area (Å²) in [5.74, 6) is 1.08. The van der Waals surface area contributed by atoms with Gasteiger partial charge in [-0.3, -0.25) is 4.79 Å². The van der Waals surface area contributed by atoms with Gasteiger partial charge in [0.1, 0.15) is 5.76 Å². The molecule has 0 saturated heterocycles. The average molecular weight is 265 g/mol. The first-order chi connectivity index (χ1) is 7.20. The molecule has 0 bridgehead atoms. The van der Waals surface area contributed by atoms with Crippen molar-refractivity contribution in [3.8, 4) is 11.3 Å². The van der Waals surface area contributed by atoms with Crippen LogP contribution >= 0.6 is 15.9 Å². The van der Waals surface area contributed by atoms with E-state index in [1.165, 1.54) is 0 Å². The number of benzene rings is 1. The minimum Gasteiger partial charge on any atom is -0.453 e. The molecule has 0 spiro atoms. The van der Waals surface area contributed by atoms with Crippen LogP contribution < -0.4 is 0 Å². The maximum Gasteiger partial charge on any atom is 0.185 e. The highest BCUT2D eigenvalue weighted by Crippen LogP contribution is 2.27. The highest BCUT2D eigenvalue weighted by Gasteiger charge is 2.06. The van der Waals surface area contributed by atoms with Gasteiger partial charge in [-0.2, -0.15) is 0 Å². The molecule has 0 amide bonds. The lowest BCUT2D eigenvalue weighted by Gasteiger charge is -2.02. The zero-order chi connectivity index (χ0) is 10.8. The lowest BCUT2D eigenvalue weighted by Crippen LogP contribution is -1.80. The molecule has 1 aromatic heterocycles. The Hall–Kier alpha value is -1.35. The maximum absolute atomic E-state index is 10.5. The fourth-order valence-corrected chi connectivity index (χ4v) is 1.94. The van der Waals surface area contributed by atoms with Crippen LogP contribution in [-0.2, 0) is 0 Å². The molecule has 0 unspecified atom stereocenters. The van der Waals surface area contributed by atoms with Crippen molar-refractivity contribution in [1.82, 2.24) is 0 Å². The lowest BCUT2D eigenvalue weighted by atomic mass is 10.1. The van der Waals surface area contributed by atoms with Gasteiger partial charge in [-0.15, -0.1) is 0 Å². The molecule has 0 N–H and O–H groups in total. The predicted molar refractivity (Wildman–Crippen MR) is 62.0 cm³/mol. The summed E-state index contributed by atoms with van der Waals surface area (Å²) in [6.07, 6.45) is 0.706. The van der Waals surface area contributed by atoms with E-state index >= 15 is 0 Å². The number of hydrogen-bond donors (Lipinski definition) is 0. The Bertz CT molecular complexity index is 500. The monoisotopic (exact) mass is 264 g/mol. The zero-order valence-electron chi connectivity index (χ0n) is 8.16. The third-order valence-electron chi connectivity index (χ3n) is 2.20. The molecule has 1 aromatic carbocycles. The number of furan rings is 1. The largest absolute Gasteiger partial charge is 0.453 e. The summed E-state index contributed by atoms with van der Waals surface area (Å²) in [6.45, 7) is 2.00. The van der Waals surface area contributed by atoms with E-state index in [1.807, 2.05) is 25.1 Å². The topological polar surface area (TPSA) is 30.2 Å². The molecule has 2 rings (SSSR count). The van der Waals surface area contributed by atoms with E-state index in [-0.39, 0.29) is 0 Å². The summed E-state index contributed by atoms with van der Waals surface area (Å²) >= 11 is 3.40. The van der Waals surface area contributed by atoms with Crippen molar-refractivity contribution in [3.63, 3.8) is 0 Å². The normalized spacial score (nSPS) is 10.3. The van der Waals surface area contributed by atoms with Gasteiger partial charge >= 0.3 is 0 Å². The maximum atomic E-state index is 10.5. The third-order valence-corrected chi connectivity index (χ3v) is 2.69. The van der Waals surface area contributed by atoms with Gasteiger partial charge in [0.05, 0.1) is 0 Å². The molecular weight excluding hydrogens is 256 g/mol. The van der Waals surface area contributed by atoms with Crippen LogP contribution in [0.5, 0.6) is 0 Å². The second kappa shape index (κ2) is 4.03. The van der Waals surface area contributed by atoms with E-state index in [1.54, 1.807) is 12.1 Å². The van der Waals surface area contributed by atoms with Crippen molar-refractivity contribution in [2.24, 2.45) is 0 Å². The van der Waals surface area contributed by atoms with Crippen LogP contribution in [0.25, 0.3) is 11.3 Å². The Labute approximate surface area is 96.0 Å². The molecule has 0 aliphatic heterocycles. The van der Waals surface area contributed by atoms with Crippen LogP contribution in [-0.4, -0.2) is 6.29 Å². The van der Waals surface area contributed by atoms with Crippen molar-refractivity contribution in [1.29, 1.82) is 0 Å². The molecule has 3 heteroatoms. The number of carbonyl (C=O) groups excluding carboxylic acids is 1. The molecular formula is C12H9BrO2. The molecule has 0 atom stereocenters. The van der Waals surface area contributed by atoms with Gasteiger partial charge in [0.2, 0.25) is 0 Å². The molecule has 76 valence electrons. The molecule has 0 aliphatic carbocycles. The first-order valence-corrected chi connectivity index (χ1v) is 5.31. The van der Waals surface area contributed by atoms with Crippen molar-refractivity contribution in [2.75, 3.05) is 0 Å². The van der Waals surface area contributed by atoms with Gasteiger partial charge in [-0.1, -0.05) is 15.9 Å². The summed E-state index contributed by atoms with van der Waals surface area (Å²) in [7, 11) is 0. The Morgan fingerprint density at radius 2 is 2.07 bits per heavy atom. The number of carbonyl (C=O) groups is 1. The molecule has 0 fully saturated rings. The minimum absolute atomic E-state index is 0.354. The second-order valence-corrected chi connectivity index (χ2v) is 4.19. The van der Waals surface area contributed by atoms with Gasteiger partial charge in [0, 0.05) is 10.0 Å². The summed E-state index contributed by atoms with van der Waals surface area (Å²) < 4.78 is 6.39. The van der Waals surface area contributed by atoms with Crippen LogP contribution in [0.2, 0.25) is 0 Å². The predicted octanol–water partition coefficient (Wildman–Crippen LogP) is 3.83. The average Bonchev–Trinajstić information content (AvgIpc) is 2.66. The summed E-state index contributed by atoms with van der Waals surface area (Å²) in [4.78, 5) is 10.5. The summed E-state index contributed by atoms with van der Waals surface area (Å²) in [6, 6.07) is 9.40. The van der Waals surface area contributed by atoms with E-state index in [0.717, 1.165) is 21.4 Å². The number of hydrogen-bond acceptors (Lipinski definition) is 2. The standard InChI is InChI=1S/C12H9BrO2/c1-8-6-9(13)2-4-11(8)12-5-3-10(7-14)15-12/h2-7H,1H3. The van der Waals surface area contributed by atoms with Crippen LogP contribution in [0.15, 0.2) is 39.2 Å². The smallest absolute Gasteiger partial charge is 0.185 e. The fraction of sp³-hybridized carbons (Fsp3) is 0.0833. The van der Waals surface area contributed by atoms with E-state index in [9.17, 15) is 4.79 Å². The van der Waals surface area contributed by atoms with Gasteiger partial charge < -0.3 is 4.42 Å². The van der Waals surface area contributed by atoms with E-state index in [0.29, 0.717) is 12.0 Å². The van der Waals surface area contributed by atoms with Crippen molar-refractivity contribution < 1.29 is 9.21 Å². The van der Waals surface area contributed by atoms with Crippen molar-refractivity contribution in [3.05, 3.63) is 46.1 Å². The third kappa shape index (κ3) is 2.02. The van der Waals surface area contributed by atoms with Crippen molar-refractivity contribution >= 4 is 22.2 Å². The highest BCUT2D eigenvalue weighted by atomic mass is 79.9. The minimum atomic E-state index is 0.354. The van der Waals surface area contributed by atoms with Gasteiger partial charge in [-0.25, -0.2) is 0 Å². The molecule has 0 radical (unpaired) electrons. The second-order valence-electron chi connectivity index (χ2n) is 3.28. The first kappa shape index (κ1) is 10.2. The number of aryl methyl sites for hydroxylation is 1. The summed E-state index contributed by atoms with van der Waals surface area (Å²) in [5, 5.41) is 0. The Morgan fingerprint density at radius 3 is 2.67 bits per heavy atom. The number of rotatable bonds is 2. The Morgan fingerprint density at radius 1 is 1.27 bits per heavy atom. The van der Waals surface area contributed by atoms with Gasteiger partial charge in [0.15, 0.2) is 12.0 Å². The molecule has 1 heterocycles. The first-order valence-electron chi connectivity index (χ1n) is 4.52. The fourth-order valence-electron chi connectivity index (χ4n) is 1.46.